The maximum absolute atomic E-state index is 4.26. The molecule has 3 heterocycles. The van der Waals surface area contributed by atoms with Crippen LogP contribution in [-0.2, 0) is 13.6 Å². The molecule has 5 heteroatoms. The Bertz CT molecular complexity index is 470. The van der Waals surface area contributed by atoms with Gasteiger partial charge < -0.3 is 9.88 Å². The maximum atomic E-state index is 4.26. The van der Waals surface area contributed by atoms with Crippen LogP contribution < -0.4 is 5.32 Å². The second-order valence-electron chi connectivity index (χ2n) is 3.88. The predicted octanol–water partition coefficient (Wildman–Crippen LogP) is 1.17. The quantitative estimate of drug-likeness (QED) is 0.757. The minimum atomic E-state index is 0.341. The molecule has 2 aromatic heterocycles. The van der Waals surface area contributed by atoms with E-state index in [1.54, 1.807) is 0 Å². The number of anilines is 1. The number of nitrogens with one attached hydrogen (secondary N) is 1. The molecule has 2 aromatic rings. The second-order valence-corrected chi connectivity index (χ2v) is 3.88. The number of aryl methyl sites for hydroxylation is 2. The highest BCUT2D eigenvalue weighted by molar-refractivity contribution is 5.33. The first-order chi connectivity index (χ1) is 7.33. The van der Waals surface area contributed by atoms with Crippen LogP contribution in [0.3, 0.4) is 0 Å². The van der Waals surface area contributed by atoms with Gasteiger partial charge >= 0.3 is 0 Å². The lowest BCUT2D eigenvalue weighted by Gasteiger charge is -2.24. The summed E-state index contributed by atoms with van der Waals surface area (Å²) < 4.78 is 3.96. The summed E-state index contributed by atoms with van der Waals surface area (Å²) in [5.41, 5.74) is 1.23. The molecule has 1 atom stereocenters. The Morgan fingerprint density at radius 2 is 2.47 bits per heavy atom. The van der Waals surface area contributed by atoms with E-state index in [2.05, 4.69) is 26.2 Å². The lowest BCUT2D eigenvalue weighted by molar-refractivity contribution is 0.542. The SMILES string of the molecule is Cn1cc(C2CCn3ccnc3N2)cn1. The van der Waals surface area contributed by atoms with Gasteiger partial charge in [-0.15, -0.1) is 0 Å². The molecule has 3 rings (SSSR count). The molecule has 0 amide bonds. The Kier molecular flexibility index (Phi) is 1.77. The summed E-state index contributed by atoms with van der Waals surface area (Å²) >= 11 is 0. The summed E-state index contributed by atoms with van der Waals surface area (Å²) in [6.45, 7) is 1.02. The van der Waals surface area contributed by atoms with Crippen LogP contribution in [0.5, 0.6) is 0 Å². The third kappa shape index (κ3) is 1.40. The first-order valence-corrected chi connectivity index (χ1v) is 5.09. The molecular formula is C10H13N5. The van der Waals surface area contributed by atoms with Crippen molar-refractivity contribution in [2.24, 2.45) is 7.05 Å². The van der Waals surface area contributed by atoms with Gasteiger partial charge in [0.25, 0.3) is 0 Å². The standard InChI is InChI=1S/C10H13N5/c1-14-7-8(6-12-14)9-2-4-15-5-3-11-10(15)13-9/h3,5-7,9H,2,4H2,1H3,(H,11,13). The van der Waals surface area contributed by atoms with Crippen LogP contribution in [0.25, 0.3) is 0 Å². The number of fused-ring (bicyclic) bond motifs is 1. The highest BCUT2D eigenvalue weighted by Gasteiger charge is 2.20. The molecule has 1 aliphatic heterocycles. The van der Waals surface area contributed by atoms with E-state index >= 15 is 0 Å². The summed E-state index contributed by atoms with van der Waals surface area (Å²) in [4.78, 5) is 4.26. The smallest absolute Gasteiger partial charge is 0.203 e. The zero-order chi connectivity index (χ0) is 10.3. The molecule has 1 aliphatic rings. The molecule has 15 heavy (non-hydrogen) atoms. The fourth-order valence-electron chi connectivity index (χ4n) is 2.00. The second kappa shape index (κ2) is 3.12. The van der Waals surface area contributed by atoms with Gasteiger partial charge in [0.1, 0.15) is 0 Å². The predicted molar refractivity (Wildman–Crippen MR) is 56.4 cm³/mol. The fraction of sp³-hybridized carbons (Fsp3) is 0.400. The largest absolute Gasteiger partial charge is 0.349 e. The molecule has 5 nitrogen and oxygen atoms in total. The van der Waals surface area contributed by atoms with Gasteiger partial charge in [-0.05, 0) is 6.42 Å². The van der Waals surface area contributed by atoms with Crippen LogP contribution in [0, 0.1) is 0 Å². The van der Waals surface area contributed by atoms with Crippen LogP contribution >= 0.6 is 0 Å². The Hall–Kier alpha value is -1.78. The van der Waals surface area contributed by atoms with Crippen molar-refractivity contribution >= 4 is 5.95 Å². The normalized spacial score (nSPS) is 19.7. The highest BCUT2D eigenvalue weighted by Crippen LogP contribution is 2.26. The lowest BCUT2D eigenvalue weighted by Crippen LogP contribution is -2.21. The van der Waals surface area contributed by atoms with E-state index in [4.69, 9.17) is 0 Å². The maximum Gasteiger partial charge on any atom is 0.203 e. The van der Waals surface area contributed by atoms with Crippen LogP contribution in [0.2, 0.25) is 0 Å². The first kappa shape index (κ1) is 8.52. The molecule has 78 valence electrons. The number of rotatable bonds is 1. The van der Waals surface area contributed by atoms with Crippen molar-refractivity contribution in [2.45, 2.75) is 19.0 Å². The Labute approximate surface area is 87.7 Å². The number of hydrogen-bond donors (Lipinski definition) is 1. The van der Waals surface area contributed by atoms with Crippen LogP contribution in [0.1, 0.15) is 18.0 Å². The van der Waals surface area contributed by atoms with Crippen LogP contribution in [0.15, 0.2) is 24.8 Å². The summed E-state index contributed by atoms with van der Waals surface area (Å²) in [5, 5.41) is 7.59. The van der Waals surface area contributed by atoms with Gasteiger partial charge in [0.05, 0.1) is 12.2 Å². The van der Waals surface area contributed by atoms with Crippen molar-refractivity contribution in [1.82, 2.24) is 19.3 Å². The number of nitrogens with zero attached hydrogens (tertiary/aromatic N) is 4. The Morgan fingerprint density at radius 3 is 3.27 bits per heavy atom. The molecule has 0 saturated carbocycles. The zero-order valence-corrected chi connectivity index (χ0v) is 8.59. The van der Waals surface area contributed by atoms with Gasteiger partial charge in [-0.25, -0.2) is 4.98 Å². The van der Waals surface area contributed by atoms with Crippen molar-refractivity contribution < 1.29 is 0 Å². The molecule has 0 bridgehead atoms. The first-order valence-electron chi connectivity index (χ1n) is 5.09. The zero-order valence-electron chi connectivity index (χ0n) is 8.59. The minimum Gasteiger partial charge on any atom is -0.349 e. The number of aromatic nitrogens is 4. The van der Waals surface area contributed by atoms with Crippen molar-refractivity contribution in [1.29, 1.82) is 0 Å². The van der Waals surface area contributed by atoms with E-state index in [9.17, 15) is 0 Å². The molecule has 1 N–H and O–H groups in total. The third-order valence-corrected chi connectivity index (χ3v) is 2.80. The number of hydrogen-bond acceptors (Lipinski definition) is 3. The highest BCUT2D eigenvalue weighted by atomic mass is 15.3. The number of imidazole rings is 1. The minimum absolute atomic E-state index is 0.341. The summed E-state index contributed by atoms with van der Waals surface area (Å²) in [6.07, 6.45) is 8.87. The topological polar surface area (TPSA) is 47.7 Å². The van der Waals surface area contributed by atoms with Crippen molar-refractivity contribution in [3.63, 3.8) is 0 Å². The molecular weight excluding hydrogens is 190 g/mol. The molecule has 0 spiro atoms. The Balaban J connectivity index is 1.87. The van der Waals surface area contributed by atoms with E-state index < -0.39 is 0 Å². The molecule has 0 aliphatic carbocycles. The van der Waals surface area contributed by atoms with Crippen molar-refractivity contribution in [3.05, 3.63) is 30.4 Å². The van der Waals surface area contributed by atoms with Crippen molar-refractivity contribution in [2.75, 3.05) is 5.32 Å². The monoisotopic (exact) mass is 203 g/mol. The average Bonchev–Trinajstić information content (AvgIpc) is 2.84. The van der Waals surface area contributed by atoms with E-state index in [1.165, 1.54) is 5.56 Å². The fourth-order valence-corrected chi connectivity index (χ4v) is 2.00. The van der Waals surface area contributed by atoms with Crippen LogP contribution in [0.4, 0.5) is 5.95 Å². The molecule has 0 fully saturated rings. The summed E-state index contributed by atoms with van der Waals surface area (Å²) in [5.74, 6) is 0.954. The molecule has 1 unspecified atom stereocenters. The lowest BCUT2D eigenvalue weighted by atomic mass is 10.1. The average molecular weight is 203 g/mol. The van der Waals surface area contributed by atoms with E-state index in [1.807, 2.05) is 30.3 Å². The van der Waals surface area contributed by atoms with E-state index in [0.29, 0.717) is 6.04 Å². The Morgan fingerprint density at radius 1 is 1.53 bits per heavy atom. The van der Waals surface area contributed by atoms with Crippen LogP contribution in [-0.4, -0.2) is 19.3 Å². The van der Waals surface area contributed by atoms with E-state index in [-0.39, 0.29) is 0 Å². The van der Waals surface area contributed by atoms with Crippen molar-refractivity contribution in [3.8, 4) is 0 Å². The van der Waals surface area contributed by atoms with Gasteiger partial charge in [0.15, 0.2) is 0 Å². The molecule has 0 saturated heterocycles. The molecule has 0 radical (unpaired) electrons. The van der Waals surface area contributed by atoms with Gasteiger partial charge in [-0.2, -0.15) is 5.10 Å². The van der Waals surface area contributed by atoms with E-state index in [0.717, 1.165) is 18.9 Å². The van der Waals surface area contributed by atoms with Gasteiger partial charge in [0, 0.05) is 37.7 Å². The summed E-state index contributed by atoms with van der Waals surface area (Å²) in [6, 6.07) is 0.341. The third-order valence-electron chi connectivity index (χ3n) is 2.80. The van der Waals surface area contributed by atoms with Gasteiger partial charge in [-0.1, -0.05) is 0 Å². The molecule has 0 aromatic carbocycles. The van der Waals surface area contributed by atoms with Gasteiger partial charge in [-0.3, -0.25) is 4.68 Å². The summed E-state index contributed by atoms with van der Waals surface area (Å²) in [7, 11) is 1.94. The van der Waals surface area contributed by atoms with Gasteiger partial charge in [0.2, 0.25) is 5.95 Å².